The molecule has 2 unspecified atom stereocenters. The van der Waals surface area contributed by atoms with E-state index >= 15 is 0 Å². The summed E-state index contributed by atoms with van der Waals surface area (Å²) < 4.78 is 0. The summed E-state index contributed by atoms with van der Waals surface area (Å²) in [6.07, 6.45) is 3.79. The lowest BCUT2D eigenvalue weighted by Crippen LogP contribution is -2.62. The fourth-order valence-electron chi connectivity index (χ4n) is 2.91. The fraction of sp³-hybridized carbons (Fsp3) is 1.00. The quantitative estimate of drug-likeness (QED) is 0.694. The van der Waals surface area contributed by atoms with Gasteiger partial charge in [0.15, 0.2) is 0 Å². The van der Waals surface area contributed by atoms with Crippen LogP contribution >= 0.6 is 0 Å². The minimum atomic E-state index is 0.317. The lowest BCUT2D eigenvalue weighted by Gasteiger charge is -2.56. The predicted octanol–water partition coefficient (Wildman–Crippen LogP) is 2.59. The van der Waals surface area contributed by atoms with Gasteiger partial charge in [-0.05, 0) is 61.2 Å². The lowest BCUT2D eigenvalue weighted by atomic mass is 9.75. The molecule has 0 radical (unpaired) electrons. The molecule has 0 N–H and O–H groups in total. The van der Waals surface area contributed by atoms with E-state index in [9.17, 15) is 0 Å². The maximum Gasteiger partial charge on any atom is 0.0195 e. The average Bonchev–Trinajstić information content (AvgIpc) is 2.13. The first-order valence-electron chi connectivity index (χ1n) is 6.13. The van der Waals surface area contributed by atoms with Gasteiger partial charge in [-0.3, -0.25) is 4.90 Å². The monoisotopic (exact) mass is 212 g/mol. The fourth-order valence-corrected chi connectivity index (χ4v) is 2.91. The van der Waals surface area contributed by atoms with Crippen molar-refractivity contribution in [3.05, 3.63) is 0 Å². The molecule has 0 aliphatic carbocycles. The minimum Gasteiger partial charge on any atom is -0.306 e. The Bertz CT molecular complexity index is 223. The molecule has 2 heteroatoms. The number of hydrogen-bond acceptors (Lipinski definition) is 2. The van der Waals surface area contributed by atoms with Crippen molar-refractivity contribution in [2.75, 3.05) is 21.1 Å². The molecule has 0 bridgehead atoms. The second kappa shape index (κ2) is 4.06. The van der Waals surface area contributed by atoms with Gasteiger partial charge in [-0.15, -0.1) is 0 Å². The summed E-state index contributed by atoms with van der Waals surface area (Å²) in [5.41, 5.74) is 0.675. The van der Waals surface area contributed by atoms with Crippen molar-refractivity contribution >= 4 is 0 Å². The van der Waals surface area contributed by atoms with Crippen LogP contribution in [0.25, 0.3) is 0 Å². The zero-order chi connectivity index (χ0) is 11.9. The molecule has 1 fully saturated rings. The van der Waals surface area contributed by atoms with Gasteiger partial charge in [-0.2, -0.15) is 0 Å². The molecule has 0 aromatic heterocycles. The molecule has 2 atom stereocenters. The molecule has 90 valence electrons. The Labute approximate surface area is 95.6 Å². The molecule has 0 aromatic rings. The van der Waals surface area contributed by atoms with Crippen LogP contribution in [0.1, 0.15) is 47.0 Å². The highest BCUT2D eigenvalue weighted by atomic mass is 15.3. The zero-order valence-corrected chi connectivity index (χ0v) is 11.6. The van der Waals surface area contributed by atoms with Gasteiger partial charge in [-0.25, -0.2) is 0 Å². The molecule has 0 aromatic carbocycles. The largest absolute Gasteiger partial charge is 0.306 e. The number of hydrogen-bond donors (Lipinski definition) is 0. The summed E-state index contributed by atoms with van der Waals surface area (Å²) >= 11 is 0. The van der Waals surface area contributed by atoms with E-state index in [-0.39, 0.29) is 0 Å². The Morgan fingerprint density at radius 3 is 2.13 bits per heavy atom. The Balaban J connectivity index is 2.92. The van der Waals surface area contributed by atoms with Crippen LogP contribution in [0.4, 0.5) is 0 Å². The van der Waals surface area contributed by atoms with E-state index in [1.165, 1.54) is 19.3 Å². The Hall–Kier alpha value is -0.0800. The molecule has 1 rings (SSSR count). The van der Waals surface area contributed by atoms with Crippen molar-refractivity contribution in [2.24, 2.45) is 0 Å². The maximum atomic E-state index is 2.58. The highest BCUT2D eigenvalue weighted by molar-refractivity contribution is 5.02. The summed E-state index contributed by atoms with van der Waals surface area (Å²) in [6.45, 7) is 9.46. The van der Waals surface area contributed by atoms with Crippen molar-refractivity contribution in [1.29, 1.82) is 0 Å². The van der Waals surface area contributed by atoms with Crippen LogP contribution in [0.3, 0.4) is 0 Å². The van der Waals surface area contributed by atoms with Gasteiger partial charge in [0.2, 0.25) is 0 Å². The standard InChI is InChI=1S/C13H28N2/c1-8-13(4)10-11(14(5)6)9-12(2,3)15(13)7/h11H,8-10H2,1-7H3. The van der Waals surface area contributed by atoms with E-state index in [0.717, 1.165) is 6.04 Å². The van der Waals surface area contributed by atoms with Gasteiger partial charge in [0.1, 0.15) is 0 Å². The summed E-state index contributed by atoms with van der Waals surface area (Å²) in [7, 11) is 6.71. The highest BCUT2D eigenvalue weighted by Gasteiger charge is 2.44. The number of nitrogens with zero attached hydrogens (tertiary/aromatic N) is 2. The van der Waals surface area contributed by atoms with Crippen LogP contribution in [0.5, 0.6) is 0 Å². The molecule has 1 heterocycles. The van der Waals surface area contributed by atoms with Crippen LogP contribution in [-0.4, -0.2) is 48.1 Å². The Kier molecular flexibility index (Phi) is 3.52. The lowest BCUT2D eigenvalue weighted by molar-refractivity contribution is -0.0494. The van der Waals surface area contributed by atoms with Gasteiger partial charge in [0.05, 0.1) is 0 Å². The van der Waals surface area contributed by atoms with Crippen molar-refractivity contribution in [2.45, 2.75) is 64.1 Å². The maximum absolute atomic E-state index is 2.58. The third kappa shape index (κ3) is 2.36. The Morgan fingerprint density at radius 2 is 1.73 bits per heavy atom. The molecule has 0 saturated carbocycles. The van der Waals surface area contributed by atoms with E-state index in [4.69, 9.17) is 0 Å². The molecule has 2 nitrogen and oxygen atoms in total. The first-order valence-corrected chi connectivity index (χ1v) is 6.13. The van der Waals surface area contributed by atoms with E-state index in [2.05, 4.69) is 58.6 Å². The third-order valence-electron chi connectivity index (χ3n) is 4.62. The van der Waals surface area contributed by atoms with Crippen molar-refractivity contribution in [3.63, 3.8) is 0 Å². The molecular weight excluding hydrogens is 184 g/mol. The van der Waals surface area contributed by atoms with Crippen LogP contribution in [0, 0.1) is 0 Å². The van der Waals surface area contributed by atoms with Crippen molar-refractivity contribution < 1.29 is 0 Å². The van der Waals surface area contributed by atoms with Gasteiger partial charge >= 0.3 is 0 Å². The molecule has 15 heavy (non-hydrogen) atoms. The molecular formula is C13H28N2. The van der Waals surface area contributed by atoms with Gasteiger partial charge in [-0.1, -0.05) is 6.92 Å². The number of likely N-dealkylation sites (tertiary alicyclic amines) is 1. The Morgan fingerprint density at radius 1 is 1.20 bits per heavy atom. The molecule has 0 amide bonds. The number of piperidine rings is 1. The minimum absolute atomic E-state index is 0.317. The second-order valence-electron chi connectivity index (χ2n) is 6.25. The SMILES string of the molecule is CCC1(C)CC(N(C)C)CC(C)(C)N1C. The van der Waals surface area contributed by atoms with Crippen LogP contribution < -0.4 is 0 Å². The molecule has 1 aliphatic rings. The highest BCUT2D eigenvalue weighted by Crippen LogP contribution is 2.40. The summed E-state index contributed by atoms with van der Waals surface area (Å²) in [5.74, 6) is 0. The molecule has 1 saturated heterocycles. The smallest absolute Gasteiger partial charge is 0.0195 e. The summed E-state index contributed by atoms with van der Waals surface area (Å²) in [4.78, 5) is 4.97. The van der Waals surface area contributed by atoms with Crippen LogP contribution in [0.2, 0.25) is 0 Å². The molecule has 1 aliphatic heterocycles. The van der Waals surface area contributed by atoms with Gasteiger partial charge in [0.25, 0.3) is 0 Å². The first kappa shape index (κ1) is 13.0. The van der Waals surface area contributed by atoms with E-state index in [1.54, 1.807) is 0 Å². The van der Waals surface area contributed by atoms with Crippen LogP contribution in [-0.2, 0) is 0 Å². The zero-order valence-electron chi connectivity index (χ0n) is 11.6. The average molecular weight is 212 g/mol. The summed E-state index contributed by atoms with van der Waals surface area (Å²) in [6, 6.07) is 0.723. The molecule has 0 spiro atoms. The number of rotatable bonds is 2. The van der Waals surface area contributed by atoms with E-state index < -0.39 is 0 Å². The predicted molar refractivity (Wildman–Crippen MR) is 67.2 cm³/mol. The van der Waals surface area contributed by atoms with Gasteiger partial charge in [0, 0.05) is 17.1 Å². The van der Waals surface area contributed by atoms with Crippen molar-refractivity contribution in [1.82, 2.24) is 9.80 Å². The normalized spacial score (nSPS) is 37.2. The topological polar surface area (TPSA) is 6.48 Å². The third-order valence-corrected chi connectivity index (χ3v) is 4.62. The van der Waals surface area contributed by atoms with Crippen LogP contribution in [0.15, 0.2) is 0 Å². The van der Waals surface area contributed by atoms with Gasteiger partial charge < -0.3 is 4.90 Å². The van der Waals surface area contributed by atoms with E-state index in [1.807, 2.05) is 0 Å². The second-order valence-corrected chi connectivity index (χ2v) is 6.25. The summed E-state index contributed by atoms with van der Waals surface area (Å²) in [5, 5.41) is 0. The van der Waals surface area contributed by atoms with Crippen molar-refractivity contribution in [3.8, 4) is 0 Å². The first-order chi connectivity index (χ1) is 6.73. The van der Waals surface area contributed by atoms with E-state index in [0.29, 0.717) is 11.1 Å².